The minimum absolute atomic E-state index is 0.342. The van der Waals surface area contributed by atoms with E-state index in [2.05, 4.69) is 10.5 Å². The molecule has 0 fully saturated rings. The smallest absolute Gasteiger partial charge is 0.311 e. The van der Waals surface area contributed by atoms with Gasteiger partial charge in [0, 0.05) is 11.6 Å². The lowest BCUT2D eigenvalue weighted by atomic mass is 10.1. The second-order valence-electron chi connectivity index (χ2n) is 4.67. The Bertz CT molecular complexity index is 711. The maximum Gasteiger partial charge on any atom is 0.311 e. The van der Waals surface area contributed by atoms with E-state index < -0.39 is 4.92 Å². The van der Waals surface area contributed by atoms with Crippen molar-refractivity contribution >= 4 is 17.6 Å². The molecule has 0 aliphatic rings. The van der Waals surface area contributed by atoms with Gasteiger partial charge in [0.15, 0.2) is 5.75 Å². The maximum absolute atomic E-state index is 10.7. The number of nitro groups is 1. The summed E-state index contributed by atoms with van der Waals surface area (Å²) in [5.74, 6) is -0.362. The SMILES string of the molecule is Cc1ccc(NN=Cc2ccc(O)c([N+](=O)[O-])c2)cc1C. The maximum atomic E-state index is 10.7. The van der Waals surface area contributed by atoms with Crippen molar-refractivity contribution < 1.29 is 10.0 Å². The first kappa shape index (κ1) is 14.5. The van der Waals surface area contributed by atoms with Crippen molar-refractivity contribution in [2.75, 3.05) is 5.43 Å². The summed E-state index contributed by atoms with van der Waals surface area (Å²) in [5.41, 5.74) is 6.22. The van der Waals surface area contributed by atoms with Crippen LogP contribution in [0.2, 0.25) is 0 Å². The van der Waals surface area contributed by atoms with E-state index in [0.717, 1.165) is 11.3 Å². The van der Waals surface area contributed by atoms with Gasteiger partial charge in [-0.15, -0.1) is 0 Å². The zero-order chi connectivity index (χ0) is 15.4. The Morgan fingerprint density at radius 2 is 1.95 bits per heavy atom. The van der Waals surface area contributed by atoms with Gasteiger partial charge in [-0.2, -0.15) is 5.10 Å². The molecule has 2 rings (SSSR count). The highest BCUT2D eigenvalue weighted by Crippen LogP contribution is 2.25. The van der Waals surface area contributed by atoms with E-state index in [1.165, 1.54) is 23.9 Å². The molecule has 6 nitrogen and oxygen atoms in total. The van der Waals surface area contributed by atoms with Crippen molar-refractivity contribution in [3.05, 3.63) is 63.2 Å². The first-order valence-electron chi connectivity index (χ1n) is 6.31. The molecule has 0 radical (unpaired) electrons. The van der Waals surface area contributed by atoms with Crippen LogP contribution in [0, 0.1) is 24.0 Å². The molecule has 6 heteroatoms. The van der Waals surface area contributed by atoms with Gasteiger partial charge in [0.25, 0.3) is 0 Å². The van der Waals surface area contributed by atoms with Crippen molar-refractivity contribution in [3.8, 4) is 5.75 Å². The van der Waals surface area contributed by atoms with Gasteiger partial charge in [-0.25, -0.2) is 0 Å². The third-order valence-corrected chi connectivity index (χ3v) is 3.11. The van der Waals surface area contributed by atoms with Crippen molar-refractivity contribution in [2.45, 2.75) is 13.8 Å². The van der Waals surface area contributed by atoms with Gasteiger partial charge in [0.2, 0.25) is 0 Å². The first-order valence-corrected chi connectivity index (χ1v) is 6.31. The van der Waals surface area contributed by atoms with Gasteiger partial charge in [-0.3, -0.25) is 15.5 Å². The molecule has 108 valence electrons. The monoisotopic (exact) mass is 285 g/mol. The van der Waals surface area contributed by atoms with E-state index in [1.54, 1.807) is 6.07 Å². The van der Waals surface area contributed by atoms with Crippen molar-refractivity contribution in [2.24, 2.45) is 5.10 Å². The highest BCUT2D eigenvalue weighted by Gasteiger charge is 2.12. The highest BCUT2D eigenvalue weighted by molar-refractivity contribution is 5.82. The Balaban J connectivity index is 2.12. The number of aryl methyl sites for hydroxylation is 2. The van der Waals surface area contributed by atoms with Crippen LogP contribution in [0.25, 0.3) is 0 Å². The van der Waals surface area contributed by atoms with Gasteiger partial charge in [0.1, 0.15) is 0 Å². The molecule has 0 atom stereocenters. The van der Waals surface area contributed by atoms with Gasteiger partial charge in [-0.1, -0.05) is 6.07 Å². The predicted molar refractivity (Wildman–Crippen MR) is 81.9 cm³/mol. The molecule has 0 bridgehead atoms. The lowest BCUT2D eigenvalue weighted by Crippen LogP contribution is -1.94. The molecule has 2 aromatic rings. The van der Waals surface area contributed by atoms with Crippen LogP contribution in [-0.2, 0) is 0 Å². The summed E-state index contributed by atoms with van der Waals surface area (Å²) < 4.78 is 0. The van der Waals surface area contributed by atoms with Crippen LogP contribution in [0.3, 0.4) is 0 Å². The lowest BCUT2D eigenvalue weighted by molar-refractivity contribution is -0.385. The number of hydrogen-bond donors (Lipinski definition) is 2. The van der Waals surface area contributed by atoms with Gasteiger partial charge >= 0.3 is 5.69 Å². The zero-order valence-corrected chi connectivity index (χ0v) is 11.7. The van der Waals surface area contributed by atoms with E-state index in [1.807, 2.05) is 32.0 Å². The fraction of sp³-hybridized carbons (Fsp3) is 0.133. The molecular formula is C15H15N3O3. The van der Waals surface area contributed by atoms with Crippen LogP contribution in [-0.4, -0.2) is 16.2 Å². The van der Waals surface area contributed by atoms with E-state index in [4.69, 9.17) is 0 Å². The molecule has 0 saturated carbocycles. The van der Waals surface area contributed by atoms with Crippen LogP contribution in [0.5, 0.6) is 5.75 Å². The summed E-state index contributed by atoms with van der Waals surface area (Å²) in [7, 11) is 0. The summed E-state index contributed by atoms with van der Waals surface area (Å²) in [5, 5.41) is 24.1. The number of nitro benzene ring substituents is 1. The number of hydrazone groups is 1. The summed E-state index contributed by atoms with van der Waals surface area (Å²) in [6.45, 7) is 4.03. The molecule has 0 heterocycles. The van der Waals surface area contributed by atoms with Crippen LogP contribution >= 0.6 is 0 Å². The number of nitrogens with zero attached hydrogens (tertiary/aromatic N) is 2. The lowest BCUT2D eigenvalue weighted by Gasteiger charge is -2.04. The zero-order valence-electron chi connectivity index (χ0n) is 11.7. The van der Waals surface area contributed by atoms with Crippen LogP contribution in [0.4, 0.5) is 11.4 Å². The van der Waals surface area contributed by atoms with Crippen LogP contribution < -0.4 is 5.43 Å². The van der Waals surface area contributed by atoms with E-state index in [9.17, 15) is 15.2 Å². The fourth-order valence-corrected chi connectivity index (χ4v) is 1.76. The first-order chi connectivity index (χ1) is 9.97. The third kappa shape index (κ3) is 3.56. The molecule has 0 spiro atoms. The van der Waals surface area contributed by atoms with Crippen LogP contribution in [0.1, 0.15) is 16.7 Å². The average molecular weight is 285 g/mol. The van der Waals surface area contributed by atoms with E-state index >= 15 is 0 Å². The van der Waals surface area contributed by atoms with Crippen molar-refractivity contribution in [1.29, 1.82) is 0 Å². The Kier molecular flexibility index (Phi) is 4.18. The fourth-order valence-electron chi connectivity index (χ4n) is 1.76. The summed E-state index contributed by atoms with van der Waals surface area (Å²) >= 11 is 0. The van der Waals surface area contributed by atoms with Crippen molar-refractivity contribution in [3.63, 3.8) is 0 Å². The molecule has 0 aliphatic carbocycles. The van der Waals surface area contributed by atoms with Gasteiger partial charge in [-0.05, 0) is 49.2 Å². The summed E-state index contributed by atoms with van der Waals surface area (Å²) in [6.07, 6.45) is 1.46. The number of aromatic hydroxyl groups is 1. The second-order valence-corrected chi connectivity index (χ2v) is 4.67. The van der Waals surface area contributed by atoms with Gasteiger partial charge < -0.3 is 5.11 Å². The van der Waals surface area contributed by atoms with E-state index in [-0.39, 0.29) is 11.4 Å². The highest BCUT2D eigenvalue weighted by atomic mass is 16.6. The number of phenolic OH excluding ortho intramolecular Hbond substituents is 1. The molecule has 0 aliphatic heterocycles. The number of phenols is 1. The number of nitrogens with one attached hydrogen (secondary N) is 1. The summed E-state index contributed by atoms with van der Waals surface area (Å²) in [4.78, 5) is 10.1. The average Bonchev–Trinajstić information content (AvgIpc) is 2.44. The molecule has 0 unspecified atom stereocenters. The Labute approximate surface area is 121 Å². The number of anilines is 1. The van der Waals surface area contributed by atoms with Gasteiger partial charge in [0.05, 0.1) is 16.8 Å². The second kappa shape index (κ2) is 6.04. The molecule has 0 amide bonds. The topological polar surface area (TPSA) is 87.8 Å². The Morgan fingerprint density at radius 1 is 1.19 bits per heavy atom. The molecule has 0 saturated heterocycles. The minimum atomic E-state index is -0.635. The van der Waals surface area contributed by atoms with E-state index in [0.29, 0.717) is 5.56 Å². The number of hydrogen-bond acceptors (Lipinski definition) is 5. The molecule has 0 aromatic heterocycles. The normalized spacial score (nSPS) is 10.8. The van der Waals surface area contributed by atoms with Crippen LogP contribution in [0.15, 0.2) is 41.5 Å². The standard InChI is InChI=1S/C15H15N3O3/c1-10-3-5-13(7-11(10)2)17-16-9-12-4-6-15(19)14(8-12)18(20)21/h3-9,17,19H,1-2H3. The predicted octanol–water partition coefficient (Wildman–Crippen LogP) is 3.36. The molecule has 2 aromatic carbocycles. The molecular weight excluding hydrogens is 270 g/mol. The Hall–Kier alpha value is -2.89. The summed E-state index contributed by atoms with van der Waals surface area (Å²) in [6, 6.07) is 9.94. The minimum Gasteiger partial charge on any atom is -0.502 e. The Morgan fingerprint density at radius 3 is 2.62 bits per heavy atom. The largest absolute Gasteiger partial charge is 0.502 e. The molecule has 2 N–H and O–H groups in total. The third-order valence-electron chi connectivity index (χ3n) is 3.11. The quantitative estimate of drug-likeness (QED) is 0.512. The number of benzene rings is 2. The van der Waals surface area contributed by atoms with Crippen molar-refractivity contribution in [1.82, 2.24) is 0 Å². The molecule has 21 heavy (non-hydrogen) atoms. The number of rotatable bonds is 4.